The molecular weight excluding hydrogens is 200 g/mol. The zero-order valence-electron chi connectivity index (χ0n) is 9.69. The Morgan fingerprint density at radius 2 is 2.06 bits per heavy atom. The fourth-order valence-corrected chi connectivity index (χ4v) is 2.47. The molecule has 2 heteroatoms. The molecule has 1 aromatic rings. The summed E-state index contributed by atoms with van der Waals surface area (Å²) >= 11 is 0. The van der Waals surface area contributed by atoms with Gasteiger partial charge in [-0.1, -0.05) is 29.8 Å². The van der Waals surface area contributed by atoms with Crippen LogP contribution in [0.5, 0.6) is 0 Å². The summed E-state index contributed by atoms with van der Waals surface area (Å²) in [6.07, 6.45) is 4.89. The molecule has 2 aliphatic rings. The van der Waals surface area contributed by atoms with Gasteiger partial charge < -0.3 is 9.47 Å². The summed E-state index contributed by atoms with van der Waals surface area (Å²) < 4.78 is 11.5. The molecule has 0 bridgehead atoms. The zero-order valence-corrected chi connectivity index (χ0v) is 9.69. The fourth-order valence-electron chi connectivity index (χ4n) is 2.47. The van der Waals surface area contributed by atoms with Gasteiger partial charge in [-0.05, 0) is 31.7 Å². The van der Waals surface area contributed by atoms with E-state index in [4.69, 9.17) is 9.47 Å². The Bertz CT molecular complexity index is 358. The lowest BCUT2D eigenvalue weighted by Gasteiger charge is -2.18. The number of epoxide rings is 1. The van der Waals surface area contributed by atoms with Crippen LogP contribution >= 0.6 is 0 Å². The highest BCUT2D eigenvalue weighted by Gasteiger charge is 2.47. The summed E-state index contributed by atoms with van der Waals surface area (Å²) in [5, 5.41) is 0. The van der Waals surface area contributed by atoms with Crippen molar-refractivity contribution in [2.24, 2.45) is 0 Å². The van der Waals surface area contributed by atoms with Crippen molar-refractivity contribution < 1.29 is 9.47 Å². The van der Waals surface area contributed by atoms with E-state index < -0.39 is 0 Å². The molecule has 1 aliphatic heterocycles. The van der Waals surface area contributed by atoms with Crippen LogP contribution in [-0.4, -0.2) is 18.3 Å². The van der Waals surface area contributed by atoms with Crippen molar-refractivity contribution in [2.75, 3.05) is 0 Å². The van der Waals surface area contributed by atoms with Gasteiger partial charge in [0.15, 0.2) is 0 Å². The molecule has 3 atom stereocenters. The first-order valence-electron chi connectivity index (χ1n) is 6.15. The van der Waals surface area contributed by atoms with E-state index in [2.05, 4.69) is 31.2 Å². The Morgan fingerprint density at radius 3 is 2.88 bits per heavy atom. The van der Waals surface area contributed by atoms with E-state index in [0.717, 1.165) is 13.0 Å². The third kappa shape index (κ3) is 2.13. The molecule has 2 nitrogen and oxygen atoms in total. The second-order valence-electron chi connectivity index (χ2n) is 4.91. The summed E-state index contributed by atoms with van der Waals surface area (Å²) in [4.78, 5) is 0. The lowest BCUT2D eigenvalue weighted by molar-refractivity contribution is 0.0135. The molecule has 16 heavy (non-hydrogen) atoms. The Hall–Kier alpha value is -0.860. The number of ether oxygens (including phenoxy) is 2. The number of benzene rings is 1. The van der Waals surface area contributed by atoms with E-state index in [-0.39, 0.29) is 0 Å². The van der Waals surface area contributed by atoms with E-state index in [9.17, 15) is 0 Å². The molecule has 1 aromatic carbocycles. The van der Waals surface area contributed by atoms with Gasteiger partial charge in [0.2, 0.25) is 0 Å². The van der Waals surface area contributed by atoms with Crippen LogP contribution in [0.15, 0.2) is 24.3 Å². The second kappa shape index (κ2) is 4.19. The first kappa shape index (κ1) is 10.3. The molecule has 86 valence electrons. The van der Waals surface area contributed by atoms with Gasteiger partial charge in [0, 0.05) is 0 Å². The average Bonchev–Trinajstić information content (AvgIpc) is 3.08. The van der Waals surface area contributed by atoms with Gasteiger partial charge >= 0.3 is 0 Å². The summed E-state index contributed by atoms with van der Waals surface area (Å²) in [5.41, 5.74) is 2.56. The topological polar surface area (TPSA) is 21.8 Å². The molecule has 0 amide bonds. The maximum atomic E-state index is 5.94. The number of rotatable bonds is 3. The van der Waals surface area contributed by atoms with Gasteiger partial charge in [0.05, 0.1) is 18.8 Å². The first-order valence-corrected chi connectivity index (χ1v) is 6.15. The number of fused-ring (bicyclic) bond motifs is 1. The Balaban J connectivity index is 1.54. The molecule has 1 aliphatic carbocycles. The largest absolute Gasteiger partial charge is 0.371 e. The predicted molar refractivity (Wildman–Crippen MR) is 62.3 cm³/mol. The van der Waals surface area contributed by atoms with Crippen LogP contribution in [0.3, 0.4) is 0 Å². The van der Waals surface area contributed by atoms with E-state index >= 15 is 0 Å². The normalized spacial score (nSPS) is 32.2. The molecule has 1 heterocycles. The van der Waals surface area contributed by atoms with Gasteiger partial charge in [-0.25, -0.2) is 0 Å². The van der Waals surface area contributed by atoms with Crippen molar-refractivity contribution in [3.05, 3.63) is 35.4 Å². The smallest absolute Gasteiger partial charge is 0.110 e. The third-order valence-corrected chi connectivity index (χ3v) is 3.55. The van der Waals surface area contributed by atoms with Crippen LogP contribution in [0, 0.1) is 6.92 Å². The maximum Gasteiger partial charge on any atom is 0.110 e. The molecule has 0 aromatic heterocycles. The minimum absolute atomic E-state index is 0.333. The van der Waals surface area contributed by atoms with Crippen molar-refractivity contribution >= 4 is 0 Å². The molecule has 3 rings (SSSR count). The van der Waals surface area contributed by atoms with Crippen molar-refractivity contribution in [3.63, 3.8) is 0 Å². The summed E-state index contributed by atoms with van der Waals surface area (Å²) in [6, 6.07) is 8.55. The lowest BCUT2D eigenvalue weighted by atomic mass is 9.98. The molecule has 0 spiro atoms. The van der Waals surface area contributed by atoms with Crippen molar-refractivity contribution in [3.8, 4) is 0 Å². The van der Waals surface area contributed by atoms with E-state index in [1.54, 1.807) is 0 Å². The Morgan fingerprint density at radius 1 is 1.25 bits per heavy atom. The highest BCUT2D eigenvalue weighted by Crippen LogP contribution is 2.38. The SMILES string of the molecule is Cc1ccc(CO[C@@H]2CCC[C@@H]3O[C@@H]32)cc1. The average molecular weight is 218 g/mol. The first-order chi connectivity index (χ1) is 7.83. The molecule has 1 saturated carbocycles. The van der Waals surface area contributed by atoms with Gasteiger partial charge in [0.25, 0.3) is 0 Å². The van der Waals surface area contributed by atoms with Crippen LogP contribution in [-0.2, 0) is 16.1 Å². The molecule has 0 radical (unpaired) electrons. The van der Waals surface area contributed by atoms with E-state index in [1.165, 1.54) is 24.0 Å². The second-order valence-corrected chi connectivity index (χ2v) is 4.91. The highest BCUT2D eigenvalue weighted by molar-refractivity contribution is 5.20. The maximum absolute atomic E-state index is 5.94. The van der Waals surface area contributed by atoms with Gasteiger partial charge in [-0.15, -0.1) is 0 Å². The zero-order chi connectivity index (χ0) is 11.0. The Kier molecular flexibility index (Phi) is 2.70. The van der Waals surface area contributed by atoms with Crippen LogP contribution in [0.4, 0.5) is 0 Å². The number of hydrogen-bond donors (Lipinski definition) is 0. The van der Waals surface area contributed by atoms with E-state index in [1.807, 2.05) is 0 Å². The van der Waals surface area contributed by atoms with Crippen molar-refractivity contribution in [2.45, 2.75) is 51.1 Å². The minimum atomic E-state index is 0.333. The summed E-state index contributed by atoms with van der Waals surface area (Å²) in [7, 11) is 0. The van der Waals surface area contributed by atoms with Crippen LogP contribution in [0.25, 0.3) is 0 Å². The Labute approximate surface area is 96.6 Å². The van der Waals surface area contributed by atoms with Crippen LogP contribution in [0.2, 0.25) is 0 Å². The van der Waals surface area contributed by atoms with Gasteiger partial charge in [-0.3, -0.25) is 0 Å². The van der Waals surface area contributed by atoms with Crippen LogP contribution < -0.4 is 0 Å². The van der Waals surface area contributed by atoms with Crippen LogP contribution in [0.1, 0.15) is 30.4 Å². The minimum Gasteiger partial charge on any atom is -0.371 e. The molecule has 1 saturated heterocycles. The third-order valence-electron chi connectivity index (χ3n) is 3.55. The molecular formula is C14H18O2. The quantitative estimate of drug-likeness (QED) is 0.728. The number of aryl methyl sites for hydroxylation is 1. The van der Waals surface area contributed by atoms with Crippen molar-refractivity contribution in [1.82, 2.24) is 0 Å². The van der Waals surface area contributed by atoms with Crippen molar-refractivity contribution in [1.29, 1.82) is 0 Å². The predicted octanol–water partition coefficient (Wildman–Crippen LogP) is 2.83. The highest BCUT2D eigenvalue weighted by atomic mass is 16.6. The molecule has 2 fully saturated rings. The van der Waals surface area contributed by atoms with Gasteiger partial charge in [0.1, 0.15) is 6.10 Å². The summed E-state index contributed by atoms with van der Waals surface area (Å²) in [5.74, 6) is 0. The molecule has 0 unspecified atom stereocenters. The standard InChI is InChI=1S/C14H18O2/c1-10-5-7-11(8-6-10)9-15-12-3-2-4-13-14(12)16-13/h5-8,12-14H,2-4,9H2,1H3/t12-,13+,14-/m1/s1. The lowest BCUT2D eigenvalue weighted by Crippen LogP contribution is -2.25. The van der Waals surface area contributed by atoms with Gasteiger partial charge in [-0.2, -0.15) is 0 Å². The fraction of sp³-hybridized carbons (Fsp3) is 0.571. The summed E-state index contributed by atoms with van der Waals surface area (Å²) in [6.45, 7) is 2.83. The number of hydrogen-bond acceptors (Lipinski definition) is 2. The molecule has 0 N–H and O–H groups in total. The van der Waals surface area contributed by atoms with E-state index in [0.29, 0.717) is 18.3 Å². The monoisotopic (exact) mass is 218 g/mol.